The van der Waals surface area contributed by atoms with Crippen molar-refractivity contribution in [2.45, 2.75) is 26.3 Å². The number of aryl methyl sites for hydroxylation is 1. The second-order valence-electron chi connectivity index (χ2n) is 6.22. The maximum Gasteiger partial charge on any atom is 0.329 e. The molecule has 3 amide bonds. The number of carbonyl (C=O) groups is 2. The lowest BCUT2D eigenvalue weighted by molar-refractivity contribution is -0.121. The number of benzene rings is 1. The fourth-order valence-corrected chi connectivity index (χ4v) is 2.53. The molecule has 1 N–H and O–H groups in total. The van der Waals surface area contributed by atoms with Crippen molar-refractivity contribution in [3.63, 3.8) is 0 Å². The van der Waals surface area contributed by atoms with Crippen molar-refractivity contribution in [1.82, 2.24) is 10.3 Å². The number of hydrogen-bond acceptors (Lipinski definition) is 5. The number of para-hydroxylation sites is 1. The molecular formula is C18H16N4O3. The zero-order valence-electron chi connectivity index (χ0n) is 14.0. The molecule has 0 bridgehead atoms. The quantitative estimate of drug-likeness (QED) is 0.870. The summed E-state index contributed by atoms with van der Waals surface area (Å²) in [6.45, 7) is 5.11. The topological polar surface area (TPSA) is 95.3 Å². The minimum absolute atomic E-state index is 0.265. The van der Waals surface area contributed by atoms with Crippen molar-refractivity contribution >= 4 is 17.6 Å². The van der Waals surface area contributed by atoms with Crippen molar-refractivity contribution in [3.8, 4) is 17.7 Å². The van der Waals surface area contributed by atoms with Gasteiger partial charge in [-0.1, -0.05) is 12.1 Å². The number of nitrogens with zero attached hydrogens (tertiary/aromatic N) is 3. The van der Waals surface area contributed by atoms with Gasteiger partial charge in [0.05, 0.1) is 17.4 Å². The number of amides is 3. The van der Waals surface area contributed by atoms with Crippen LogP contribution in [0.25, 0.3) is 0 Å². The Morgan fingerprint density at radius 1 is 1.24 bits per heavy atom. The van der Waals surface area contributed by atoms with E-state index >= 15 is 0 Å². The Bertz CT molecular complexity index is 898. The highest BCUT2D eigenvalue weighted by molar-refractivity contribution is 6.22. The van der Waals surface area contributed by atoms with Crippen LogP contribution in [0, 0.1) is 18.3 Å². The third-order valence-electron chi connectivity index (χ3n) is 3.88. The zero-order chi connectivity index (χ0) is 18.2. The van der Waals surface area contributed by atoms with Crippen molar-refractivity contribution in [2.24, 2.45) is 0 Å². The van der Waals surface area contributed by atoms with E-state index in [1.165, 1.54) is 6.20 Å². The molecule has 1 saturated heterocycles. The van der Waals surface area contributed by atoms with E-state index < -0.39 is 11.6 Å². The first-order valence-corrected chi connectivity index (χ1v) is 7.64. The van der Waals surface area contributed by atoms with Gasteiger partial charge in [-0.3, -0.25) is 4.79 Å². The predicted molar refractivity (Wildman–Crippen MR) is 90.3 cm³/mol. The van der Waals surface area contributed by atoms with E-state index in [1.807, 2.05) is 13.0 Å². The van der Waals surface area contributed by atoms with Gasteiger partial charge in [-0.05, 0) is 38.5 Å². The number of nitriles is 1. The second kappa shape index (κ2) is 5.91. The Balaban J connectivity index is 1.86. The van der Waals surface area contributed by atoms with E-state index in [0.717, 1.165) is 10.5 Å². The smallest absolute Gasteiger partial charge is 0.329 e. The summed E-state index contributed by atoms with van der Waals surface area (Å²) in [6.07, 6.45) is 1.39. The lowest BCUT2D eigenvalue weighted by atomic mass is 10.1. The molecular weight excluding hydrogens is 320 g/mol. The molecule has 3 rings (SSSR count). The van der Waals surface area contributed by atoms with Gasteiger partial charge in [0.25, 0.3) is 5.91 Å². The fraction of sp³-hybridized carbons (Fsp3) is 0.222. The number of imide groups is 1. The van der Waals surface area contributed by atoms with E-state index in [0.29, 0.717) is 17.0 Å². The molecule has 0 radical (unpaired) electrons. The molecule has 25 heavy (non-hydrogen) atoms. The third kappa shape index (κ3) is 2.90. The van der Waals surface area contributed by atoms with Crippen molar-refractivity contribution in [3.05, 3.63) is 47.7 Å². The number of urea groups is 1. The molecule has 1 aliphatic rings. The molecule has 0 unspecified atom stereocenters. The number of carbonyl (C=O) groups excluding carboxylic acids is 2. The van der Waals surface area contributed by atoms with Gasteiger partial charge in [0.1, 0.15) is 17.4 Å². The number of ether oxygens (including phenoxy) is 1. The van der Waals surface area contributed by atoms with Gasteiger partial charge in [-0.25, -0.2) is 14.7 Å². The van der Waals surface area contributed by atoms with E-state index in [9.17, 15) is 14.9 Å². The van der Waals surface area contributed by atoms with Crippen LogP contribution < -0.4 is 15.0 Å². The van der Waals surface area contributed by atoms with Crippen LogP contribution in [0.3, 0.4) is 0 Å². The van der Waals surface area contributed by atoms with Crippen LogP contribution in [0.1, 0.15) is 25.0 Å². The molecule has 2 heterocycles. The van der Waals surface area contributed by atoms with E-state index in [2.05, 4.69) is 16.4 Å². The summed E-state index contributed by atoms with van der Waals surface area (Å²) in [6, 6.07) is 9.98. The van der Waals surface area contributed by atoms with Gasteiger partial charge >= 0.3 is 6.03 Å². The minimum atomic E-state index is -0.949. The molecule has 2 aromatic rings. The number of hydrogen-bond donors (Lipinski definition) is 1. The van der Waals surface area contributed by atoms with Gasteiger partial charge < -0.3 is 10.1 Å². The van der Waals surface area contributed by atoms with E-state index in [4.69, 9.17) is 4.74 Å². The van der Waals surface area contributed by atoms with Crippen LogP contribution in [0.4, 0.5) is 10.5 Å². The van der Waals surface area contributed by atoms with Crippen molar-refractivity contribution in [1.29, 1.82) is 5.26 Å². The third-order valence-corrected chi connectivity index (χ3v) is 3.88. The summed E-state index contributed by atoms with van der Waals surface area (Å²) in [5.41, 5.74) is 0.614. The Labute approximate surface area is 144 Å². The van der Waals surface area contributed by atoms with Gasteiger partial charge in [0, 0.05) is 6.07 Å². The SMILES string of the molecule is Cc1cccc(C#N)c1Oc1ccc(N2C(=O)NC(C)(C)C2=O)cn1. The van der Waals surface area contributed by atoms with Gasteiger partial charge in [0.15, 0.2) is 0 Å². The number of anilines is 1. The van der Waals surface area contributed by atoms with Crippen molar-refractivity contribution in [2.75, 3.05) is 4.90 Å². The first-order chi connectivity index (χ1) is 11.8. The molecule has 1 fully saturated rings. The Hall–Kier alpha value is -3.40. The summed E-state index contributed by atoms with van der Waals surface area (Å²) < 4.78 is 5.71. The van der Waals surface area contributed by atoms with Gasteiger partial charge in [-0.15, -0.1) is 0 Å². The molecule has 1 aliphatic heterocycles. The molecule has 0 atom stereocenters. The number of aromatic nitrogens is 1. The first-order valence-electron chi connectivity index (χ1n) is 7.64. The van der Waals surface area contributed by atoms with E-state index in [1.54, 1.807) is 38.1 Å². The predicted octanol–water partition coefficient (Wildman–Crippen LogP) is 2.89. The molecule has 126 valence electrons. The van der Waals surface area contributed by atoms with Crippen LogP contribution in [0.5, 0.6) is 11.6 Å². The average Bonchev–Trinajstić information content (AvgIpc) is 2.78. The van der Waals surface area contributed by atoms with Crippen molar-refractivity contribution < 1.29 is 14.3 Å². The van der Waals surface area contributed by atoms with E-state index in [-0.39, 0.29) is 11.8 Å². The highest BCUT2D eigenvalue weighted by Crippen LogP contribution is 2.29. The first kappa shape index (κ1) is 16.5. The molecule has 0 spiro atoms. The monoisotopic (exact) mass is 336 g/mol. The van der Waals surface area contributed by atoms with Crippen LogP contribution in [0.2, 0.25) is 0 Å². The lowest BCUT2D eigenvalue weighted by Gasteiger charge is -2.16. The van der Waals surface area contributed by atoms with Gasteiger partial charge in [-0.2, -0.15) is 5.26 Å². The van der Waals surface area contributed by atoms with Crippen LogP contribution in [-0.2, 0) is 4.79 Å². The fourth-order valence-electron chi connectivity index (χ4n) is 2.53. The summed E-state index contributed by atoms with van der Waals surface area (Å²) in [5, 5.41) is 11.8. The summed E-state index contributed by atoms with van der Waals surface area (Å²) in [4.78, 5) is 29.5. The van der Waals surface area contributed by atoms with Gasteiger partial charge in [0.2, 0.25) is 5.88 Å². The standard InChI is InChI=1S/C18H16N4O3/c1-11-5-4-6-12(9-19)15(11)25-14-8-7-13(10-20-14)22-16(23)18(2,3)21-17(22)24/h4-8,10H,1-3H3,(H,21,24). The molecule has 0 aliphatic carbocycles. The highest BCUT2D eigenvalue weighted by Gasteiger charge is 2.45. The zero-order valence-corrected chi connectivity index (χ0v) is 14.0. The molecule has 7 nitrogen and oxygen atoms in total. The molecule has 1 aromatic heterocycles. The molecule has 7 heteroatoms. The Morgan fingerprint density at radius 3 is 2.56 bits per heavy atom. The normalized spacial score (nSPS) is 15.7. The summed E-state index contributed by atoms with van der Waals surface area (Å²) in [7, 11) is 0. The number of nitrogens with one attached hydrogen (secondary N) is 1. The summed E-state index contributed by atoms with van der Waals surface area (Å²) >= 11 is 0. The molecule has 1 aromatic carbocycles. The van der Waals surface area contributed by atoms with Crippen LogP contribution in [0.15, 0.2) is 36.5 Å². The molecule has 0 saturated carbocycles. The number of pyridine rings is 1. The lowest BCUT2D eigenvalue weighted by Crippen LogP contribution is -2.40. The maximum absolute atomic E-state index is 12.3. The van der Waals surface area contributed by atoms with Crippen LogP contribution >= 0.6 is 0 Å². The summed E-state index contributed by atoms with van der Waals surface area (Å²) in [5.74, 6) is 0.348. The Kier molecular flexibility index (Phi) is 3.89. The highest BCUT2D eigenvalue weighted by atomic mass is 16.5. The number of rotatable bonds is 3. The second-order valence-corrected chi connectivity index (χ2v) is 6.22. The Morgan fingerprint density at radius 2 is 2.00 bits per heavy atom. The minimum Gasteiger partial charge on any atom is -0.437 e. The largest absolute Gasteiger partial charge is 0.437 e. The average molecular weight is 336 g/mol. The van der Waals surface area contributed by atoms with Crippen LogP contribution in [-0.4, -0.2) is 22.5 Å². The maximum atomic E-state index is 12.3.